The van der Waals surface area contributed by atoms with Crippen molar-refractivity contribution in [1.82, 2.24) is 15.5 Å². The molecule has 2 unspecified atom stereocenters. The van der Waals surface area contributed by atoms with Crippen LogP contribution in [0.15, 0.2) is 47.0 Å². The van der Waals surface area contributed by atoms with Gasteiger partial charge in [-0.2, -0.15) is 0 Å². The lowest BCUT2D eigenvalue weighted by molar-refractivity contribution is -0.129. The first kappa shape index (κ1) is 16.3. The van der Waals surface area contributed by atoms with Crippen molar-refractivity contribution in [2.24, 2.45) is 4.99 Å². The first-order valence-corrected chi connectivity index (χ1v) is 8.30. The molecule has 2 aliphatic heterocycles. The van der Waals surface area contributed by atoms with Gasteiger partial charge in [0, 0.05) is 12.6 Å². The SMILES string of the molecule is CNC(=O)NC(=O)CN1C=NC2SC(c3ccccc3)C=C2C1=O. The van der Waals surface area contributed by atoms with Crippen LogP contribution in [0.4, 0.5) is 4.79 Å². The number of nitrogens with one attached hydrogen (secondary N) is 2. The number of benzene rings is 1. The standard InChI is InChI=1S/C16H16N4O3S/c1-17-16(23)19-13(21)8-20-9-18-14-11(15(20)22)7-12(24-14)10-5-3-2-4-6-10/h2-7,9,12,14H,8H2,1H3,(H2,17,19,21,23). The Morgan fingerprint density at radius 2 is 2.04 bits per heavy atom. The summed E-state index contributed by atoms with van der Waals surface area (Å²) < 4.78 is 0. The summed E-state index contributed by atoms with van der Waals surface area (Å²) in [4.78, 5) is 41.0. The van der Waals surface area contributed by atoms with Crippen LogP contribution in [0.1, 0.15) is 10.8 Å². The summed E-state index contributed by atoms with van der Waals surface area (Å²) in [5.74, 6) is -0.827. The summed E-state index contributed by atoms with van der Waals surface area (Å²) in [5, 5.41) is 4.22. The minimum Gasteiger partial charge on any atom is -0.341 e. The van der Waals surface area contributed by atoms with E-state index in [2.05, 4.69) is 15.6 Å². The molecule has 0 fully saturated rings. The number of urea groups is 1. The van der Waals surface area contributed by atoms with Gasteiger partial charge in [-0.1, -0.05) is 36.4 Å². The zero-order chi connectivity index (χ0) is 17.1. The third-order valence-corrected chi connectivity index (χ3v) is 4.98. The van der Waals surface area contributed by atoms with Crippen molar-refractivity contribution in [3.05, 3.63) is 47.5 Å². The molecule has 124 valence electrons. The maximum atomic E-state index is 12.5. The average molecular weight is 344 g/mol. The molecule has 1 aromatic rings. The Bertz CT molecular complexity index is 732. The highest BCUT2D eigenvalue weighted by atomic mass is 32.2. The van der Waals surface area contributed by atoms with Gasteiger partial charge in [0.05, 0.1) is 11.6 Å². The van der Waals surface area contributed by atoms with E-state index in [-0.39, 0.29) is 23.1 Å². The van der Waals surface area contributed by atoms with E-state index in [4.69, 9.17) is 0 Å². The van der Waals surface area contributed by atoms with Crippen LogP contribution in [-0.2, 0) is 9.59 Å². The number of aliphatic imine (C=N–C) groups is 1. The van der Waals surface area contributed by atoms with E-state index in [1.165, 1.54) is 18.3 Å². The Labute approximate surface area is 143 Å². The molecule has 2 heterocycles. The predicted molar refractivity (Wildman–Crippen MR) is 91.4 cm³/mol. The Morgan fingerprint density at radius 1 is 1.29 bits per heavy atom. The third-order valence-electron chi connectivity index (χ3n) is 3.64. The lowest BCUT2D eigenvalue weighted by Gasteiger charge is -2.24. The van der Waals surface area contributed by atoms with Gasteiger partial charge in [-0.25, -0.2) is 4.79 Å². The zero-order valence-corrected chi connectivity index (χ0v) is 13.7. The first-order chi connectivity index (χ1) is 11.6. The van der Waals surface area contributed by atoms with E-state index < -0.39 is 11.9 Å². The molecule has 1 aromatic carbocycles. The molecule has 0 saturated carbocycles. The molecule has 0 spiro atoms. The topological polar surface area (TPSA) is 90.9 Å². The molecule has 2 N–H and O–H groups in total. The number of carbonyl (C=O) groups excluding carboxylic acids is 3. The van der Waals surface area contributed by atoms with Crippen LogP contribution < -0.4 is 10.6 Å². The molecule has 2 aliphatic rings. The number of nitrogens with zero attached hydrogens (tertiary/aromatic N) is 2. The molecule has 0 bridgehead atoms. The molecule has 8 heteroatoms. The molecule has 0 radical (unpaired) electrons. The van der Waals surface area contributed by atoms with E-state index in [1.54, 1.807) is 11.8 Å². The van der Waals surface area contributed by atoms with Crippen LogP contribution in [0.5, 0.6) is 0 Å². The molecule has 0 aliphatic carbocycles. The molecular formula is C16H16N4O3S. The average Bonchev–Trinajstić information content (AvgIpc) is 3.03. The van der Waals surface area contributed by atoms with E-state index in [0.717, 1.165) is 5.56 Å². The predicted octanol–water partition coefficient (Wildman–Crippen LogP) is 1.05. The van der Waals surface area contributed by atoms with Crippen LogP contribution >= 0.6 is 11.8 Å². The van der Waals surface area contributed by atoms with Gasteiger partial charge in [0.1, 0.15) is 11.9 Å². The van der Waals surface area contributed by atoms with Crippen molar-refractivity contribution >= 4 is 35.9 Å². The number of thioether (sulfide) groups is 1. The smallest absolute Gasteiger partial charge is 0.321 e. The maximum absolute atomic E-state index is 12.5. The number of amides is 4. The van der Waals surface area contributed by atoms with Gasteiger partial charge in [-0.05, 0) is 5.56 Å². The fourth-order valence-electron chi connectivity index (χ4n) is 2.46. The Hall–Kier alpha value is -2.61. The van der Waals surface area contributed by atoms with Crippen LogP contribution in [0, 0.1) is 0 Å². The largest absolute Gasteiger partial charge is 0.341 e. The van der Waals surface area contributed by atoms with Crippen molar-refractivity contribution in [2.75, 3.05) is 13.6 Å². The number of carbonyl (C=O) groups is 3. The third kappa shape index (κ3) is 3.33. The summed E-state index contributed by atoms with van der Waals surface area (Å²) >= 11 is 1.58. The van der Waals surface area contributed by atoms with E-state index >= 15 is 0 Å². The van der Waals surface area contributed by atoms with Gasteiger partial charge in [0.25, 0.3) is 5.91 Å². The Kier molecular flexibility index (Phi) is 4.66. The lowest BCUT2D eigenvalue weighted by atomic mass is 10.1. The molecule has 4 amide bonds. The van der Waals surface area contributed by atoms with Gasteiger partial charge in [-0.15, -0.1) is 11.8 Å². The van der Waals surface area contributed by atoms with Gasteiger partial charge in [0.15, 0.2) is 0 Å². The normalized spacial score (nSPS) is 22.0. The highest BCUT2D eigenvalue weighted by Gasteiger charge is 2.36. The quantitative estimate of drug-likeness (QED) is 0.858. The maximum Gasteiger partial charge on any atom is 0.321 e. The van der Waals surface area contributed by atoms with Crippen LogP contribution in [0.2, 0.25) is 0 Å². The molecule has 3 rings (SSSR count). The first-order valence-electron chi connectivity index (χ1n) is 7.36. The number of hydrogen-bond acceptors (Lipinski definition) is 5. The Balaban J connectivity index is 1.71. The second-order valence-corrected chi connectivity index (χ2v) is 6.49. The van der Waals surface area contributed by atoms with Crippen molar-refractivity contribution in [3.8, 4) is 0 Å². The summed E-state index contributed by atoms with van der Waals surface area (Å²) in [6.07, 6.45) is 3.27. The summed E-state index contributed by atoms with van der Waals surface area (Å²) in [7, 11) is 1.41. The van der Waals surface area contributed by atoms with Crippen LogP contribution in [-0.4, -0.2) is 48.1 Å². The van der Waals surface area contributed by atoms with Crippen molar-refractivity contribution in [3.63, 3.8) is 0 Å². The molecule has 7 nitrogen and oxygen atoms in total. The highest BCUT2D eigenvalue weighted by molar-refractivity contribution is 8.00. The molecule has 2 atom stereocenters. The summed E-state index contributed by atoms with van der Waals surface area (Å²) in [5.41, 5.74) is 1.68. The molecule has 0 aromatic heterocycles. The highest BCUT2D eigenvalue weighted by Crippen LogP contribution is 2.45. The fourth-order valence-corrected chi connectivity index (χ4v) is 3.73. The molecular weight excluding hydrogens is 328 g/mol. The van der Waals surface area contributed by atoms with Crippen molar-refractivity contribution in [1.29, 1.82) is 0 Å². The monoisotopic (exact) mass is 344 g/mol. The second kappa shape index (κ2) is 6.88. The molecule has 24 heavy (non-hydrogen) atoms. The van der Waals surface area contributed by atoms with Crippen molar-refractivity contribution < 1.29 is 14.4 Å². The van der Waals surface area contributed by atoms with E-state index in [1.807, 2.05) is 36.4 Å². The summed E-state index contributed by atoms with van der Waals surface area (Å²) in [6, 6.07) is 9.26. The number of imide groups is 1. The lowest BCUT2D eigenvalue weighted by Crippen LogP contribution is -2.46. The summed E-state index contributed by atoms with van der Waals surface area (Å²) in [6.45, 7) is -0.250. The second-order valence-electron chi connectivity index (χ2n) is 5.27. The van der Waals surface area contributed by atoms with Gasteiger partial charge >= 0.3 is 6.03 Å². The molecule has 0 saturated heterocycles. The van der Waals surface area contributed by atoms with Gasteiger partial charge in [0.2, 0.25) is 5.91 Å². The van der Waals surface area contributed by atoms with Crippen LogP contribution in [0.3, 0.4) is 0 Å². The Morgan fingerprint density at radius 3 is 2.75 bits per heavy atom. The zero-order valence-electron chi connectivity index (χ0n) is 12.9. The van der Waals surface area contributed by atoms with E-state index in [0.29, 0.717) is 5.57 Å². The fraction of sp³-hybridized carbons (Fsp3) is 0.250. The van der Waals surface area contributed by atoms with Crippen LogP contribution in [0.25, 0.3) is 0 Å². The number of fused-ring (bicyclic) bond motifs is 1. The minimum atomic E-state index is -0.612. The van der Waals surface area contributed by atoms with Crippen molar-refractivity contribution in [2.45, 2.75) is 10.6 Å². The number of rotatable bonds is 3. The van der Waals surface area contributed by atoms with E-state index in [9.17, 15) is 14.4 Å². The van der Waals surface area contributed by atoms with Gasteiger partial charge < -0.3 is 5.32 Å². The number of hydrogen-bond donors (Lipinski definition) is 2. The van der Waals surface area contributed by atoms with Gasteiger partial charge in [-0.3, -0.25) is 24.8 Å². The minimum absolute atomic E-state index is 0.0620.